The lowest BCUT2D eigenvalue weighted by Gasteiger charge is -2.28. The van der Waals surface area contributed by atoms with Gasteiger partial charge in [0, 0.05) is 30.5 Å². The van der Waals surface area contributed by atoms with Crippen molar-refractivity contribution in [3.8, 4) is 12.1 Å². The average molecular weight is 466 g/mol. The normalized spacial score (nSPS) is 14.4. The number of hydrogen-bond acceptors (Lipinski definition) is 4. The largest absolute Gasteiger partial charge is 0.360 e. The molecule has 35 heavy (non-hydrogen) atoms. The number of guanidine groups is 1. The Balaban J connectivity index is 1.87. The summed E-state index contributed by atoms with van der Waals surface area (Å²) in [5.74, 6) is 1.76. The molecule has 1 fully saturated rings. The van der Waals surface area contributed by atoms with E-state index in [1.54, 1.807) is 18.2 Å². The minimum Gasteiger partial charge on any atom is -0.360 e. The van der Waals surface area contributed by atoms with Gasteiger partial charge in [-0.3, -0.25) is 0 Å². The zero-order valence-electron chi connectivity index (χ0n) is 20.6. The number of benzene rings is 2. The summed E-state index contributed by atoms with van der Waals surface area (Å²) in [5, 5.41) is 24.4. The van der Waals surface area contributed by atoms with Crippen molar-refractivity contribution in [2.24, 2.45) is 9.98 Å². The molecule has 7 heteroatoms. The van der Waals surface area contributed by atoms with Crippen LogP contribution in [0.4, 0.5) is 11.4 Å². The van der Waals surface area contributed by atoms with Crippen LogP contribution < -0.4 is 10.6 Å². The summed E-state index contributed by atoms with van der Waals surface area (Å²) in [6, 6.07) is 15.3. The summed E-state index contributed by atoms with van der Waals surface area (Å²) < 4.78 is 0. The van der Waals surface area contributed by atoms with Gasteiger partial charge in [0.25, 0.3) is 0 Å². The Labute approximate surface area is 207 Å². The van der Waals surface area contributed by atoms with Gasteiger partial charge < -0.3 is 15.5 Å². The fraction of sp³-hybridized carbons (Fsp3) is 0.286. The predicted octanol–water partition coefficient (Wildman–Crippen LogP) is 5.97. The molecular weight excluding hydrogens is 434 g/mol. The van der Waals surface area contributed by atoms with Gasteiger partial charge in [-0.15, -0.1) is 0 Å². The first kappa shape index (κ1) is 25.3. The van der Waals surface area contributed by atoms with Gasteiger partial charge in [0.05, 0.1) is 17.7 Å². The highest BCUT2D eigenvalue weighted by Crippen LogP contribution is 2.24. The van der Waals surface area contributed by atoms with Crippen molar-refractivity contribution >= 4 is 29.2 Å². The van der Waals surface area contributed by atoms with Gasteiger partial charge in [-0.25, -0.2) is 4.99 Å². The molecule has 1 aliphatic rings. The molecule has 0 unspecified atom stereocenters. The quantitative estimate of drug-likeness (QED) is 0.322. The van der Waals surface area contributed by atoms with Gasteiger partial charge in [-0.05, 0) is 99.2 Å². The molecule has 0 atom stereocenters. The summed E-state index contributed by atoms with van der Waals surface area (Å²) >= 11 is 0. The second-order valence-electron chi connectivity index (χ2n) is 8.52. The molecule has 0 radical (unpaired) electrons. The zero-order valence-corrected chi connectivity index (χ0v) is 20.6. The van der Waals surface area contributed by atoms with Crippen LogP contribution >= 0.6 is 0 Å². The first-order valence-electron chi connectivity index (χ1n) is 11.7. The molecule has 0 aromatic heterocycles. The molecule has 1 heterocycles. The van der Waals surface area contributed by atoms with Gasteiger partial charge in [0.1, 0.15) is 11.7 Å². The summed E-state index contributed by atoms with van der Waals surface area (Å²) in [5.41, 5.74) is 5.30. The smallest absolute Gasteiger partial charge is 0.230 e. The lowest BCUT2D eigenvalue weighted by Crippen LogP contribution is -2.35. The Kier molecular flexibility index (Phi) is 8.81. The fourth-order valence-corrected chi connectivity index (χ4v) is 4.00. The van der Waals surface area contributed by atoms with E-state index in [1.807, 2.05) is 51.1 Å². The third kappa shape index (κ3) is 7.31. The van der Waals surface area contributed by atoms with Crippen molar-refractivity contribution in [3.63, 3.8) is 0 Å². The number of aryl methyl sites for hydroxylation is 2. The van der Waals surface area contributed by atoms with Crippen molar-refractivity contribution < 1.29 is 0 Å². The summed E-state index contributed by atoms with van der Waals surface area (Å²) in [6.07, 6.45) is 6.82. The van der Waals surface area contributed by atoms with E-state index in [0.717, 1.165) is 59.8 Å². The Bertz CT molecular complexity index is 1210. The number of nitrogens with zero attached hydrogens (tertiary/aromatic N) is 5. The Morgan fingerprint density at radius 1 is 1.00 bits per heavy atom. The van der Waals surface area contributed by atoms with E-state index in [-0.39, 0.29) is 0 Å². The molecule has 0 aliphatic carbocycles. The van der Waals surface area contributed by atoms with Crippen molar-refractivity contribution in [2.45, 2.75) is 40.0 Å². The van der Waals surface area contributed by atoms with Crippen molar-refractivity contribution in [1.82, 2.24) is 4.90 Å². The molecule has 2 aromatic carbocycles. The van der Waals surface area contributed by atoms with Crippen LogP contribution in [0.5, 0.6) is 0 Å². The van der Waals surface area contributed by atoms with Crippen LogP contribution in [-0.2, 0) is 0 Å². The molecule has 178 valence electrons. The standard InChI is InChI=1S/C28H31N7/c1-20-17-25(9-8-14-29)18-21(2)27(20)31-22(3)32-28(33-23(4)35-15-6-5-7-16-35)34-26-12-10-24(19-30)11-13-26/h8-13,17-18,31H,3,5-7,15-16H2,1-2,4H3,(H,32,34)/b9-8+,33-23+. The molecule has 0 saturated carbocycles. The predicted molar refractivity (Wildman–Crippen MR) is 144 cm³/mol. The van der Waals surface area contributed by atoms with Crippen LogP contribution in [0.3, 0.4) is 0 Å². The number of hydrogen-bond donors (Lipinski definition) is 2. The van der Waals surface area contributed by atoms with Crippen LogP contribution in [0.15, 0.2) is 64.9 Å². The number of anilines is 2. The van der Waals surface area contributed by atoms with Gasteiger partial charge in [0.2, 0.25) is 5.96 Å². The summed E-state index contributed by atoms with van der Waals surface area (Å²) in [6.45, 7) is 12.1. The van der Waals surface area contributed by atoms with Crippen LogP contribution in [0, 0.1) is 36.5 Å². The maximum absolute atomic E-state index is 9.08. The number of likely N-dealkylation sites (tertiary alicyclic amines) is 1. The summed E-state index contributed by atoms with van der Waals surface area (Å²) in [4.78, 5) is 11.7. The van der Waals surface area contributed by atoms with Gasteiger partial charge in [-0.2, -0.15) is 15.5 Å². The van der Waals surface area contributed by atoms with E-state index in [1.165, 1.54) is 12.5 Å². The zero-order chi connectivity index (χ0) is 25.2. The topological polar surface area (TPSA) is 99.6 Å². The second kappa shape index (κ2) is 12.2. The molecule has 1 saturated heterocycles. The van der Waals surface area contributed by atoms with Crippen molar-refractivity contribution in [3.05, 3.63) is 77.1 Å². The van der Waals surface area contributed by atoms with Crippen LogP contribution in [0.2, 0.25) is 0 Å². The van der Waals surface area contributed by atoms with Crippen LogP contribution in [0.25, 0.3) is 6.08 Å². The molecule has 2 aromatic rings. The maximum Gasteiger partial charge on any atom is 0.230 e. The lowest BCUT2D eigenvalue weighted by atomic mass is 10.0. The minimum absolute atomic E-state index is 0.416. The van der Waals surface area contributed by atoms with E-state index in [4.69, 9.17) is 15.5 Å². The number of allylic oxidation sites excluding steroid dienone is 1. The van der Waals surface area contributed by atoms with Crippen LogP contribution in [0.1, 0.15) is 48.4 Å². The number of amidine groups is 1. The fourth-order valence-electron chi connectivity index (χ4n) is 4.00. The molecular formula is C28H31N7. The van der Waals surface area contributed by atoms with E-state index in [2.05, 4.69) is 33.2 Å². The number of rotatable bonds is 5. The SMILES string of the molecule is C=C(/N=C(\N=C(/C)N1CCCCC1)Nc1ccc(C#N)cc1)Nc1c(C)cc(/C=C/C#N)cc1C. The average Bonchev–Trinajstić information content (AvgIpc) is 2.86. The van der Waals surface area contributed by atoms with E-state index >= 15 is 0 Å². The molecule has 2 N–H and O–H groups in total. The highest BCUT2D eigenvalue weighted by molar-refractivity contribution is 6.02. The molecule has 0 bridgehead atoms. The Morgan fingerprint density at radius 2 is 1.66 bits per heavy atom. The molecule has 3 rings (SSSR count). The molecule has 0 spiro atoms. The third-order valence-corrected chi connectivity index (χ3v) is 5.77. The van der Waals surface area contributed by atoms with E-state index in [9.17, 15) is 0 Å². The van der Waals surface area contributed by atoms with E-state index < -0.39 is 0 Å². The van der Waals surface area contributed by atoms with Crippen LogP contribution in [-0.4, -0.2) is 29.8 Å². The number of nitrogens with one attached hydrogen (secondary N) is 2. The monoisotopic (exact) mass is 465 g/mol. The number of aliphatic imine (C=N–C) groups is 2. The number of nitriles is 2. The van der Waals surface area contributed by atoms with Gasteiger partial charge in [-0.1, -0.05) is 6.58 Å². The highest BCUT2D eigenvalue weighted by atomic mass is 15.2. The van der Waals surface area contributed by atoms with Crippen molar-refractivity contribution in [2.75, 3.05) is 23.7 Å². The van der Waals surface area contributed by atoms with E-state index in [0.29, 0.717) is 17.3 Å². The number of piperidine rings is 1. The van der Waals surface area contributed by atoms with Gasteiger partial charge >= 0.3 is 0 Å². The molecule has 0 amide bonds. The maximum atomic E-state index is 9.08. The third-order valence-electron chi connectivity index (χ3n) is 5.77. The Morgan fingerprint density at radius 3 is 2.26 bits per heavy atom. The van der Waals surface area contributed by atoms with Crippen molar-refractivity contribution in [1.29, 1.82) is 10.5 Å². The highest BCUT2D eigenvalue weighted by Gasteiger charge is 2.13. The molecule has 1 aliphatic heterocycles. The Hall–Kier alpha value is -4.36. The summed E-state index contributed by atoms with van der Waals surface area (Å²) in [7, 11) is 0. The first-order chi connectivity index (χ1) is 16.9. The molecule has 7 nitrogen and oxygen atoms in total. The van der Waals surface area contributed by atoms with Gasteiger partial charge in [0.15, 0.2) is 0 Å². The second-order valence-corrected chi connectivity index (χ2v) is 8.52. The minimum atomic E-state index is 0.416. The first-order valence-corrected chi connectivity index (χ1v) is 11.7. The lowest BCUT2D eigenvalue weighted by molar-refractivity contribution is 0.341.